The Morgan fingerprint density at radius 3 is 2.30 bits per heavy atom. The molecule has 0 unspecified atom stereocenters. The third-order valence-corrected chi connectivity index (χ3v) is 3.02. The molecule has 0 fully saturated rings. The molecule has 0 atom stereocenters. The van der Waals surface area contributed by atoms with Crippen LogP contribution < -0.4 is 10.6 Å². The molecule has 0 amide bonds. The number of carbonyl (C=O) groups excluding carboxylic acids is 1. The minimum Gasteiger partial charge on any atom is -0.507 e. The first kappa shape index (κ1) is 13.7. The van der Waals surface area contributed by atoms with E-state index in [1.807, 2.05) is 0 Å². The number of para-hydroxylation sites is 1. The van der Waals surface area contributed by atoms with E-state index < -0.39 is 5.78 Å². The second-order valence-electron chi connectivity index (χ2n) is 4.67. The van der Waals surface area contributed by atoms with E-state index in [2.05, 4.69) is 0 Å². The summed E-state index contributed by atoms with van der Waals surface area (Å²) in [5.74, 6) is -0.787. The highest BCUT2D eigenvalue weighted by Gasteiger charge is 2.19. The van der Waals surface area contributed by atoms with Crippen molar-refractivity contribution in [2.45, 2.75) is 0 Å². The van der Waals surface area contributed by atoms with Gasteiger partial charge in [-0.2, -0.15) is 0 Å². The summed E-state index contributed by atoms with van der Waals surface area (Å²) in [7, 11) is 3.58. The van der Waals surface area contributed by atoms with E-state index in [-0.39, 0.29) is 22.6 Å². The fraction of sp³-hybridized carbons (Fsp3) is 0.133. The molecular formula is C15H16N2O3. The van der Waals surface area contributed by atoms with E-state index >= 15 is 0 Å². The molecule has 5 nitrogen and oxygen atoms in total. The average Bonchev–Trinajstić information content (AvgIpc) is 2.38. The first-order valence-corrected chi connectivity index (χ1v) is 6.04. The molecule has 0 aliphatic carbocycles. The number of nitrogens with zero attached hydrogens (tertiary/aromatic N) is 1. The number of rotatable bonds is 3. The van der Waals surface area contributed by atoms with Gasteiger partial charge in [0.2, 0.25) is 5.78 Å². The van der Waals surface area contributed by atoms with Crippen molar-refractivity contribution >= 4 is 17.2 Å². The summed E-state index contributed by atoms with van der Waals surface area (Å²) >= 11 is 0. The van der Waals surface area contributed by atoms with Crippen molar-refractivity contribution in [2.75, 3.05) is 24.7 Å². The molecule has 2 aromatic rings. The Hall–Kier alpha value is -2.69. The van der Waals surface area contributed by atoms with Gasteiger partial charge in [-0.05, 0) is 18.2 Å². The van der Waals surface area contributed by atoms with E-state index in [9.17, 15) is 15.0 Å². The third kappa shape index (κ3) is 2.38. The number of anilines is 2. The number of hydrogen-bond acceptors (Lipinski definition) is 5. The van der Waals surface area contributed by atoms with Gasteiger partial charge in [0, 0.05) is 20.2 Å². The maximum absolute atomic E-state index is 12.4. The van der Waals surface area contributed by atoms with Crippen LogP contribution >= 0.6 is 0 Å². The topological polar surface area (TPSA) is 86.8 Å². The minimum atomic E-state index is -0.455. The highest BCUT2D eigenvalue weighted by Crippen LogP contribution is 2.32. The molecule has 2 rings (SSSR count). The Morgan fingerprint density at radius 2 is 1.70 bits per heavy atom. The largest absolute Gasteiger partial charge is 0.507 e. The van der Waals surface area contributed by atoms with Crippen molar-refractivity contribution in [2.24, 2.45) is 0 Å². The molecule has 5 heteroatoms. The Kier molecular flexibility index (Phi) is 3.52. The number of aromatic hydroxyl groups is 2. The monoisotopic (exact) mass is 272 g/mol. The lowest BCUT2D eigenvalue weighted by Crippen LogP contribution is -2.13. The van der Waals surface area contributed by atoms with Crippen molar-refractivity contribution in [1.82, 2.24) is 0 Å². The first-order chi connectivity index (χ1) is 9.41. The van der Waals surface area contributed by atoms with Gasteiger partial charge < -0.3 is 20.8 Å². The van der Waals surface area contributed by atoms with Crippen LogP contribution in [0.5, 0.6) is 11.5 Å². The van der Waals surface area contributed by atoms with Crippen molar-refractivity contribution < 1.29 is 15.0 Å². The third-order valence-electron chi connectivity index (χ3n) is 3.02. The number of phenols is 2. The van der Waals surface area contributed by atoms with E-state index in [1.54, 1.807) is 31.1 Å². The molecule has 4 N–H and O–H groups in total. The van der Waals surface area contributed by atoms with Crippen LogP contribution in [0, 0.1) is 0 Å². The molecule has 0 radical (unpaired) electrons. The molecule has 0 aliphatic heterocycles. The van der Waals surface area contributed by atoms with Crippen molar-refractivity contribution in [1.29, 1.82) is 0 Å². The zero-order valence-corrected chi connectivity index (χ0v) is 11.3. The normalized spacial score (nSPS) is 10.3. The molecule has 0 bridgehead atoms. The van der Waals surface area contributed by atoms with E-state index in [0.717, 1.165) is 0 Å². The molecule has 0 spiro atoms. The Labute approximate surface area is 116 Å². The van der Waals surface area contributed by atoms with Crippen LogP contribution in [0.15, 0.2) is 36.4 Å². The molecule has 0 saturated carbocycles. The second kappa shape index (κ2) is 5.13. The van der Waals surface area contributed by atoms with Gasteiger partial charge in [0.25, 0.3) is 0 Å². The van der Waals surface area contributed by atoms with Crippen LogP contribution in [0.2, 0.25) is 0 Å². The lowest BCUT2D eigenvalue weighted by atomic mass is 10.00. The zero-order chi connectivity index (χ0) is 14.9. The van der Waals surface area contributed by atoms with Crippen LogP contribution in [0.3, 0.4) is 0 Å². The van der Waals surface area contributed by atoms with E-state index in [4.69, 9.17) is 5.73 Å². The quantitative estimate of drug-likeness (QED) is 0.587. The first-order valence-electron chi connectivity index (χ1n) is 6.04. The van der Waals surface area contributed by atoms with Crippen molar-refractivity contribution in [3.8, 4) is 11.5 Å². The maximum atomic E-state index is 12.4. The molecule has 104 valence electrons. The van der Waals surface area contributed by atoms with Gasteiger partial charge in [0.1, 0.15) is 11.5 Å². The molecule has 0 aromatic heterocycles. The van der Waals surface area contributed by atoms with Gasteiger partial charge in [0.15, 0.2) is 0 Å². The Morgan fingerprint density at radius 1 is 1.05 bits per heavy atom. The van der Waals surface area contributed by atoms with Crippen LogP contribution in [0.4, 0.5) is 11.4 Å². The maximum Gasteiger partial charge on any atom is 0.200 e. The molecule has 0 heterocycles. The number of benzene rings is 2. The summed E-state index contributed by atoms with van der Waals surface area (Å²) in [6, 6.07) is 9.05. The van der Waals surface area contributed by atoms with Crippen LogP contribution in [-0.4, -0.2) is 30.1 Å². The summed E-state index contributed by atoms with van der Waals surface area (Å²) in [6.07, 6.45) is 0. The van der Waals surface area contributed by atoms with E-state index in [0.29, 0.717) is 11.4 Å². The van der Waals surface area contributed by atoms with Crippen molar-refractivity contribution in [3.63, 3.8) is 0 Å². The lowest BCUT2D eigenvalue weighted by Gasteiger charge is -2.17. The Bertz CT molecular complexity index is 666. The van der Waals surface area contributed by atoms with Crippen LogP contribution in [0.25, 0.3) is 0 Å². The fourth-order valence-corrected chi connectivity index (χ4v) is 1.97. The number of phenolic OH excluding ortho intramolecular Hbond substituents is 2. The van der Waals surface area contributed by atoms with Crippen LogP contribution in [-0.2, 0) is 0 Å². The highest BCUT2D eigenvalue weighted by atomic mass is 16.3. The van der Waals surface area contributed by atoms with Crippen molar-refractivity contribution in [3.05, 3.63) is 47.5 Å². The summed E-state index contributed by atoms with van der Waals surface area (Å²) < 4.78 is 0. The summed E-state index contributed by atoms with van der Waals surface area (Å²) in [6.45, 7) is 0. The highest BCUT2D eigenvalue weighted by molar-refractivity contribution is 6.13. The molecule has 0 saturated heterocycles. The number of nitrogens with two attached hydrogens (primary N) is 1. The van der Waals surface area contributed by atoms with Gasteiger partial charge in [-0.3, -0.25) is 4.79 Å². The van der Waals surface area contributed by atoms with Gasteiger partial charge >= 0.3 is 0 Å². The summed E-state index contributed by atoms with van der Waals surface area (Å²) in [5, 5.41) is 19.6. The predicted octanol–water partition coefficient (Wildman–Crippen LogP) is 1.98. The second-order valence-corrected chi connectivity index (χ2v) is 4.67. The standard InChI is InChI=1S/C15H16N2O3/c1-17(2)12-7-10(14(19)8-11(12)16)15(20)9-5-3-4-6-13(9)18/h3-8,18-19H,16H2,1-2H3. The number of hydrogen-bond donors (Lipinski definition) is 3. The smallest absolute Gasteiger partial charge is 0.200 e. The Balaban J connectivity index is 2.56. The summed E-state index contributed by atoms with van der Waals surface area (Å²) in [5.41, 5.74) is 7.04. The lowest BCUT2D eigenvalue weighted by molar-refractivity contribution is 0.103. The fourth-order valence-electron chi connectivity index (χ4n) is 1.97. The number of carbonyl (C=O) groups is 1. The number of nitrogen functional groups attached to an aromatic ring is 1. The van der Waals surface area contributed by atoms with Crippen LogP contribution in [0.1, 0.15) is 15.9 Å². The average molecular weight is 272 g/mol. The molecular weight excluding hydrogens is 256 g/mol. The van der Waals surface area contributed by atoms with Gasteiger partial charge in [-0.25, -0.2) is 0 Å². The predicted molar refractivity (Wildman–Crippen MR) is 78.4 cm³/mol. The van der Waals surface area contributed by atoms with Gasteiger partial charge in [-0.15, -0.1) is 0 Å². The zero-order valence-electron chi connectivity index (χ0n) is 11.3. The van der Waals surface area contributed by atoms with E-state index in [1.165, 1.54) is 24.3 Å². The number of ketones is 1. The van der Waals surface area contributed by atoms with Gasteiger partial charge in [-0.1, -0.05) is 12.1 Å². The molecule has 0 aliphatic rings. The SMILES string of the molecule is CN(C)c1cc(C(=O)c2ccccc2O)c(O)cc1N. The minimum absolute atomic E-state index is 0.101. The summed E-state index contributed by atoms with van der Waals surface area (Å²) in [4.78, 5) is 14.1. The molecule has 20 heavy (non-hydrogen) atoms. The molecule has 2 aromatic carbocycles. The van der Waals surface area contributed by atoms with Gasteiger partial charge in [0.05, 0.1) is 22.5 Å².